The number of Topliss-reactive ketones (excluding diaryl/α,β-unsaturated/α-hetero) is 1. The molecular formula is C35H30N2O5. The number of esters is 1. The van der Waals surface area contributed by atoms with Gasteiger partial charge in [0.25, 0.3) is 0 Å². The predicted octanol–water partition coefficient (Wildman–Crippen LogP) is 6.09. The number of benzene rings is 3. The first-order valence-electron chi connectivity index (χ1n) is 14.5. The number of rotatable bonds is 6. The van der Waals surface area contributed by atoms with Crippen LogP contribution < -0.4 is 4.90 Å². The number of pyridine rings is 1. The summed E-state index contributed by atoms with van der Waals surface area (Å²) in [7, 11) is 0. The third kappa shape index (κ3) is 4.23. The van der Waals surface area contributed by atoms with Crippen LogP contribution in [-0.2, 0) is 14.3 Å². The maximum absolute atomic E-state index is 13.4. The zero-order valence-corrected chi connectivity index (χ0v) is 23.5. The lowest BCUT2D eigenvalue weighted by molar-refractivity contribution is -0.123. The van der Waals surface area contributed by atoms with Gasteiger partial charge in [0.1, 0.15) is 0 Å². The Bertz CT molecular complexity index is 1780. The number of ketones is 1. The molecule has 3 aromatic carbocycles. The molecule has 1 aromatic heterocycles. The van der Waals surface area contributed by atoms with Gasteiger partial charge < -0.3 is 4.74 Å². The summed E-state index contributed by atoms with van der Waals surface area (Å²) in [5, 5.41) is 0.606. The molecule has 1 aliphatic heterocycles. The molecule has 2 heterocycles. The first-order chi connectivity index (χ1) is 20.3. The Labute approximate surface area is 243 Å². The quantitative estimate of drug-likeness (QED) is 0.161. The average molecular weight is 559 g/mol. The number of imide groups is 1. The Hall–Kier alpha value is -4.65. The number of fused-ring (bicyclic) bond motifs is 6. The summed E-state index contributed by atoms with van der Waals surface area (Å²) in [4.78, 5) is 59.1. The molecule has 210 valence electrons. The average Bonchev–Trinajstić information content (AvgIpc) is 3.70. The topological polar surface area (TPSA) is 93.6 Å². The smallest absolute Gasteiger partial charge is 0.339 e. The molecule has 0 spiro atoms. The fraction of sp³-hybridized carbons (Fsp3) is 0.286. The fourth-order valence-corrected chi connectivity index (χ4v) is 7.17. The zero-order valence-electron chi connectivity index (χ0n) is 23.5. The number of amides is 2. The fourth-order valence-electron chi connectivity index (χ4n) is 7.17. The van der Waals surface area contributed by atoms with Crippen LogP contribution in [0.2, 0.25) is 0 Å². The Morgan fingerprint density at radius 2 is 1.60 bits per heavy atom. The van der Waals surface area contributed by atoms with E-state index in [1.807, 2.05) is 44.2 Å². The number of carbonyl (C=O) groups excluding carboxylic acids is 4. The van der Waals surface area contributed by atoms with Gasteiger partial charge in [-0.25, -0.2) is 9.78 Å². The number of para-hydroxylation sites is 1. The maximum Gasteiger partial charge on any atom is 0.339 e. The molecule has 0 radical (unpaired) electrons. The number of anilines is 1. The van der Waals surface area contributed by atoms with E-state index < -0.39 is 5.97 Å². The molecule has 2 aliphatic carbocycles. The second-order valence-electron chi connectivity index (χ2n) is 11.8. The molecule has 2 amide bonds. The van der Waals surface area contributed by atoms with Crippen LogP contribution in [0.1, 0.15) is 51.1 Å². The highest BCUT2D eigenvalue weighted by atomic mass is 16.5. The lowest BCUT2D eigenvalue weighted by atomic mass is 9.81. The van der Waals surface area contributed by atoms with E-state index in [0.29, 0.717) is 45.2 Å². The van der Waals surface area contributed by atoms with Gasteiger partial charge in [-0.15, -0.1) is 0 Å². The van der Waals surface area contributed by atoms with E-state index in [0.717, 1.165) is 30.4 Å². The summed E-state index contributed by atoms with van der Waals surface area (Å²) in [6.07, 6.45) is 3.03. The molecule has 0 N–H and O–H groups in total. The normalized spacial score (nSPS) is 22.6. The van der Waals surface area contributed by atoms with Crippen molar-refractivity contribution in [3.63, 3.8) is 0 Å². The van der Waals surface area contributed by atoms with Crippen molar-refractivity contribution < 1.29 is 23.9 Å². The number of aromatic nitrogens is 1. The zero-order chi connectivity index (χ0) is 29.1. The molecule has 4 aromatic rings. The van der Waals surface area contributed by atoms with Crippen molar-refractivity contribution in [3.05, 3.63) is 95.1 Å². The number of aryl methyl sites for hydroxylation is 2. The van der Waals surface area contributed by atoms with Gasteiger partial charge in [-0.05, 0) is 86.4 Å². The number of ether oxygens (including phenoxy) is 1. The molecule has 1 saturated heterocycles. The lowest BCUT2D eigenvalue weighted by Crippen LogP contribution is -2.32. The highest BCUT2D eigenvalue weighted by Gasteiger charge is 2.61. The monoisotopic (exact) mass is 558 g/mol. The highest BCUT2D eigenvalue weighted by molar-refractivity contribution is 6.22. The van der Waals surface area contributed by atoms with Gasteiger partial charge in [-0.3, -0.25) is 19.3 Å². The Balaban J connectivity index is 1.18. The van der Waals surface area contributed by atoms with Gasteiger partial charge in [0.2, 0.25) is 11.8 Å². The summed E-state index contributed by atoms with van der Waals surface area (Å²) in [5.41, 5.74) is 5.13. The summed E-state index contributed by atoms with van der Waals surface area (Å²) < 4.78 is 5.50. The van der Waals surface area contributed by atoms with Crippen LogP contribution in [0.5, 0.6) is 0 Å². The summed E-state index contributed by atoms with van der Waals surface area (Å²) in [6, 6.07) is 21.5. The number of carbonyl (C=O) groups is 4. The third-order valence-corrected chi connectivity index (χ3v) is 9.43. The van der Waals surface area contributed by atoms with E-state index in [1.165, 1.54) is 4.90 Å². The molecule has 0 unspecified atom stereocenters. The van der Waals surface area contributed by atoms with Gasteiger partial charge in [0, 0.05) is 16.5 Å². The summed E-state index contributed by atoms with van der Waals surface area (Å²) in [6.45, 7) is 3.52. The minimum absolute atomic E-state index is 0.0986. The third-order valence-electron chi connectivity index (χ3n) is 9.43. The Kier molecular flexibility index (Phi) is 6.26. The van der Waals surface area contributed by atoms with Crippen LogP contribution in [0.4, 0.5) is 5.69 Å². The van der Waals surface area contributed by atoms with E-state index in [2.05, 4.69) is 0 Å². The van der Waals surface area contributed by atoms with Crippen molar-refractivity contribution in [2.75, 3.05) is 11.5 Å². The molecule has 3 fully saturated rings. The molecule has 7 rings (SSSR count). The second-order valence-corrected chi connectivity index (χ2v) is 11.8. The molecule has 7 nitrogen and oxygen atoms in total. The first kappa shape index (κ1) is 26.3. The van der Waals surface area contributed by atoms with Gasteiger partial charge >= 0.3 is 5.97 Å². The van der Waals surface area contributed by atoms with Crippen molar-refractivity contribution in [3.8, 4) is 11.3 Å². The minimum Gasteiger partial charge on any atom is -0.454 e. The molecular weight excluding hydrogens is 528 g/mol. The predicted molar refractivity (Wildman–Crippen MR) is 158 cm³/mol. The molecule has 3 aliphatic rings. The molecule has 2 bridgehead atoms. The van der Waals surface area contributed by atoms with E-state index >= 15 is 0 Å². The van der Waals surface area contributed by atoms with Crippen molar-refractivity contribution in [2.45, 2.75) is 33.1 Å². The van der Waals surface area contributed by atoms with Gasteiger partial charge in [-0.1, -0.05) is 42.5 Å². The molecule has 4 atom stereocenters. The standard InChI is InChI=1S/C35H30N2O5/c1-19-10-11-22(14-20(19)2)30(38)18-42-35(41)27-17-29(36-28-9-4-3-8-26(27)28)21-6-5-7-25(16-21)37-33(39)31-23-12-13-24(15-23)32(31)34(37)40/h3-11,14,16-17,23-24,31-32H,12-13,15,18H2,1-2H3/t23-,24+,31-,32+. The largest absolute Gasteiger partial charge is 0.454 e. The molecule has 7 heteroatoms. The van der Waals surface area contributed by atoms with Crippen molar-refractivity contribution in [1.82, 2.24) is 4.98 Å². The Morgan fingerprint density at radius 1 is 0.857 bits per heavy atom. The van der Waals surface area contributed by atoms with Crippen molar-refractivity contribution in [2.24, 2.45) is 23.7 Å². The van der Waals surface area contributed by atoms with E-state index in [-0.39, 0.29) is 41.6 Å². The van der Waals surface area contributed by atoms with Gasteiger partial charge in [0.15, 0.2) is 12.4 Å². The van der Waals surface area contributed by atoms with Crippen LogP contribution in [-0.4, -0.2) is 35.2 Å². The Morgan fingerprint density at radius 3 is 2.33 bits per heavy atom. The van der Waals surface area contributed by atoms with Crippen LogP contribution >= 0.6 is 0 Å². The number of nitrogens with zero attached hydrogens (tertiary/aromatic N) is 2. The number of hydrogen-bond acceptors (Lipinski definition) is 6. The van der Waals surface area contributed by atoms with Gasteiger partial charge in [0.05, 0.1) is 34.3 Å². The highest BCUT2D eigenvalue weighted by Crippen LogP contribution is 2.56. The van der Waals surface area contributed by atoms with Crippen LogP contribution in [0.15, 0.2) is 72.8 Å². The van der Waals surface area contributed by atoms with Crippen LogP contribution in [0.3, 0.4) is 0 Å². The van der Waals surface area contributed by atoms with E-state index in [1.54, 1.807) is 42.5 Å². The van der Waals surface area contributed by atoms with Crippen molar-refractivity contribution >= 4 is 40.2 Å². The first-order valence-corrected chi connectivity index (χ1v) is 14.5. The van der Waals surface area contributed by atoms with E-state index in [9.17, 15) is 19.2 Å². The van der Waals surface area contributed by atoms with E-state index in [4.69, 9.17) is 9.72 Å². The SMILES string of the molecule is Cc1ccc(C(=O)COC(=O)c2cc(-c3cccc(N4C(=O)[C@@H]5[C@@H]6CC[C@@H](C6)[C@@H]5C4=O)c3)nc3ccccc23)cc1C. The van der Waals surface area contributed by atoms with Crippen molar-refractivity contribution in [1.29, 1.82) is 0 Å². The lowest BCUT2D eigenvalue weighted by Gasteiger charge is -2.19. The summed E-state index contributed by atoms with van der Waals surface area (Å²) >= 11 is 0. The minimum atomic E-state index is -0.628. The van der Waals surface area contributed by atoms with Crippen LogP contribution in [0, 0.1) is 37.5 Å². The second kappa shape index (κ2) is 10.0. The van der Waals surface area contributed by atoms with Crippen LogP contribution in [0.25, 0.3) is 22.2 Å². The maximum atomic E-state index is 13.4. The number of hydrogen-bond donors (Lipinski definition) is 0. The molecule has 2 saturated carbocycles. The summed E-state index contributed by atoms with van der Waals surface area (Å²) in [5.74, 6) is -0.896. The van der Waals surface area contributed by atoms with Gasteiger partial charge in [-0.2, -0.15) is 0 Å². The molecule has 42 heavy (non-hydrogen) atoms.